The largest absolute Gasteiger partial charge is 0.493 e. The number of ether oxygens (including phenoxy) is 2. The van der Waals surface area contributed by atoms with E-state index in [1.54, 1.807) is 31.3 Å². The third-order valence-electron chi connectivity index (χ3n) is 4.60. The topological polar surface area (TPSA) is 91.7 Å². The molecule has 0 unspecified atom stereocenters. The molecule has 1 saturated heterocycles. The Bertz CT molecular complexity index is 676. The fourth-order valence-corrected chi connectivity index (χ4v) is 3.06. The van der Waals surface area contributed by atoms with Crippen LogP contribution < -0.4 is 14.8 Å². The van der Waals surface area contributed by atoms with Gasteiger partial charge in [-0.2, -0.15) is 5.26 Å². The summed E-state index contributed by atoms with van der Waals surface area (Å²) in [6.45, 7) is 1.90. The fourth-order valence-electron chi connectivity index (χ4n) is 3.06. The molecule has 0 aliphatic carbocycles. The molecule has 2 amide bonds. The number of carbonyl (C=O) groups is 2. The van der Waals surface area contributed by atoms with Crippen LogP contribution in [0.3, 0.4) is 0 Å². The smallest absolute Gasteiger partial charge is 0.236 e. The molecule has 26 heavy (non-hydrogen) atoms. The van der Waals surface area contributed by atoms with Crippen molar-refractivity contribution in [2.75, 3.05) is 33.9 Å². The predicted octanol–water partition coefficient (Wildman–Crippen LogP) is 1.51. The third kappa shape index (κ3) is 5.38. The van der Waals surface area contributed by atoms with Crippen LogP contribution in [0.15, 0.2) is 18.2 Å². The Labute approximate surface area is 153 Å². The maximum atomic E-state index is 12.2. The molecule has 1 aromatic rings. The lowest BCUT2D eigenvalue weighted by Gasteiger charge is -2.31. The van der Waals surface area contributed by atoms with E-state index >= 15 is 0 Å². The van der Waals surface area contributed by atoms with Crippen LogP contribution in [-0.4, -0.2) is 50.6 Å². The predicted molar refractivity (Wildman–Crippen MR) is 95.8 cm³/mol. The van der Waals surface area contributed by atoms with Gasteiger partial charge in [-0.1, -0.05) is 6.07 Å². The number of benzene rings is 1. The van der Waals surface area contributed by atoms with E-state index in [-0.39, 0.29) is 24.7 Å². The van der Waals surface area contributed by atoms with Crippen molar-refractivity contribution in [3.05, 3.63) is 23.8 Å². The first-order valence-corrected chi connectivity index (χ1v) is 8.69. The number of hydrogen-bond acceptors (Lipinski definition) is 5. The van der Waals surface area contributed by atoms with Gasteiger partial charge in [0.25, 0.3) is 0 Å². The van der Waals surface area contributed by atoms with E-state index in [9.17, 15) is 9.59 Å². The lowest BCUT2D eigenvalue weighted by molar-refractivity contribution is -0.131. The Hall–Kier alpha value is -2.75. The standard InChI is InChI=1S/C19H25N3O4/c1-25-16-4-3-15(11-17(16)26-2)12-18(23)21-13-14-6-9-22(10-7-14)19(24)5-8-20/h3-4,11,14H,5-7,9-10,12-13H2,1-2H3,(H,21,23). The molecule has 0 saturated carbocycles. The van der Waals surface area contributed by atoms with E-state index in [1.807, 2.05) is 12.1 Å². The van der Waals surface area contributed by atoms with E-state index in [4.69, 9.17) is 14.7 Å². The molecule has 0 bridgehead atoms. The molecule has 0 aromatic heterocycles. The number of likely N-dealkylation sites (tertiary alicyclic amines) is 1. The summed E-state index contributed by atoms with van der Waals surface area (Å²) < 4.78 is 10.4. The van der Waals surface area contributed by atoms with Gasteiger partial charge in [0.15, 0.2) is 11.5 Å². The molecule has 1 fully saturated rings. The molecule has 1 aromatic carbocycles. The summed E-state index contributed by atoms with van der Waals surface area (Å²) in [7, 11) is 3.14. The second kappa shape index (κ2) is 9.66. The summed E-state index contributed by atoms with van der Waals surface area (Å²) >= 11 is 0. The molecular formula is C19H25N3O4. The molecular weight excluding hydrogens is 334 g/mol. The molecule has 7 nitrogen and oxygen atoms in total. The van der Waals surface area contributed by atoms with Crippen LogP contribution in [0.5, 0.6) is 11.5 Å². The Morgan fingerprint density at radius 2 is 1.92 bits per heavy atom. The average Bonchev–Trinajstić information content (AvgIpc) is 2.66. The van der Waals surface area contributed by atoms with Gasteiger partial charge in [-0.3, -0.25) is 9.59 Å². The molecule has 2 rings (SSSR count). The van der Waals surface area contributed by atoms with Crippen molar-refractivity contribution in [1.29, 1.82) is 5.26 Å². The summed E-state index contributed by atoms with van der Waals surface area (Å²) in [4.78, 5) is 25.6. The number of rotatable bonds is 7. The Morgan fingerprint density at radius 3 is 2.54 bits per heavy atom. The van der Waals surface area contributed by atoms with Crippen LogP contribution in [0, 0.1) is 17.2 Å². The number of piperidine rings is 1. The summed E-state index contributed by atoms with van der Waals surface area (Å²) in [5.41, 5.74) is 0.858. The number of nitriles is 1. The second-order valence-electron chi connectivity index (χ2n) is 6.33. The van der Waals surface area contributed by atoms with Crippen LogP contribution in [-0.2, 0) is 16.0 Å². The zero-order valence-corrected chi connectivity index (χ0v) is 15.3. The van der Waals surface area contributed by atoms with E-state index in [1.165, 1.54) is 0 Å². The molecule has 1 N–H and O–H groups in total. The zero-order valence-electron chi connectivity index (χ0n) is 15.3. The minimum Gasteiger partial charge on any atom is -0.493 e. The molecule has 0 spiro atoms. The lowest BCUT2D eigenvalue weighted by Crippen LogP contribution is -2.41. The number of amides is 2. The van der Waals surface area contributed by atoms with Gasteiger partial charge in [-0.05, 0) is 36.5 Å². The van der Waals surface area contributed by atoms with Crippen molar-refractivity contribution in [2.45, 2.75) is 25.7 Å². The second-order valence-corrected chi connectivity index (χ2v) is 6.33. The maximum Gasteiger partial charge on any atom is 0.236 e. The van der Waals surface area contributed by atoms with Crippen molar-refractivity contribution in [3.8, 4) is 17.6 Å². The molecule has 1 aliphatic heterocycles. The van der Waals surface area contributed by atoms with E-state index in [2.05, 4.69) is 5.32 Å². The highest BCUT2D eigenvalue weighted by atomic mass is 16.5. The lowest BCUT2D eigenvalue weighted by atomic mass is 9.96. The number of hydrogen-bond donors (Lipinski definition) is 1. The van der Waals surface area contributed by atoms with E-state index in [0.29, 0.717) is 37.1 Å². The Kier molecular flexibility index (Phi) is 7.27. The van der Waals surface area contributed by atoms with Gasteiger partial charge in [0.2, 0.25) is 11.8 Å². The monoisotopic (exact) mass is 359 g/mol. The van der Waals surface area contributed by atoms with Crippen LogP contribution >= 0.6 is 0 Å². The molecule has 140 valence electrons. The molecule has 0 radical (unpaired) electrons. The van der Waals surface area contributed by atoms with Crippen molar-refractivity contribution in [3.63, 3.8) is 0 Å². The first-order chi connectivity index (χ1) is 12.6. The first kappa shape index (κ1) is 19.6. The van der Waals surface area contributed by atoms with Gasteiger partial charge in [-0.25, -0.2) is 0 Å². The van der Waals surface area contributed by atoms with Crippen LogP contribution in [0.4, 0.5) is 0 Å². The molecule has 1 aliphatic rings. The molecule has 1 heterocycles. The molecule has 7 heteroatoms. The number of nitrogens with zero attached hydrogens (tertiary/aromatic N) is 2. The van der Waals surface area contributed by atoms with Crippen molar-refractivity contribution < 1.29 is 19.1 Å². The van der Waals surface area contributed by atoms with Gasteiger partial charge in [0, 0.05) is 19.6 Å². The fraction of sp³-hybridized carbons (Fsp3) is 0.526. The minimum atomic E-state index is -0.108. The highest BCUT2D eigenvalue weighted by Crippen LogP contribution is 2.27. The van der Waals surface area contributed by atoms with Crippen molar-refractivity contribution in [2.24, 2.45) is 5.92 Å². The minimum absolute atomic E-state index is 0.0415. The number of methoxy groups -OCH3 is 2. The van der Waals surface area contributed by atoms with Crippen LogP contribution in [0.1, 0.15) is 24.8 Å². The van der Waals surface area contributed by atoms with Crippen molar-refractivity contribution >= 4 is 11.8 Å². The Balaban J connectivity index is 1.76. The number of carbonyl (C=O) groups excluding carboxylic acids is 2. The normalized spacial score (nSPS) is 14.4. The van der Waals surface area contributed by atoms with Crippen LogP contribution in [0.25, 0.3) is 0 Å². The number of nitrogens with one attached hydrogen (secondary N) is 1. The maximum absolute atomic E-state index is 12.2. The Morgan fingerprint density at radius 1 is 1.23 bits per heavy atom. The highest BCUT2D eigenvalue weighted by molar-refractivity contribution is 5.79. The molecule has 0 atom stereocenters. The van der Waals surface area contributed by atoms with Crippen molar-refractivity contribution in [1.82, 2.24) is 10.2 Å². The summed E-state index contributed by atoms with van der Waals surface area (Å²) in [6.07, 6.45) is 1.90. The first-order valence-electron chi connectivity index (χ1n) is 8.69. The quantitative estimate of drug-likeness (QED) is 0.797. The van der Waals surface area contributed by atoms with Gasteiger partial charge >= 0.3 is 0 Å². The SMILES string of the molecule is COc1ccc(CC(=O)NCC2CCN(C(=O)CC#N)CC2)cc1OC. The summed E-state index contributed by atoms with van der Waals surface area (Å²) in [5.74, 6) is 1.45. The third-order valence-corrected chi connectivity index (χ3v) is 4.60. The average molecular weight is 359 g/mol. The van der Waals surface area contributed by atoms with Gasteiger partial charge < -0.3 is 19.7 Å². The van der Waals surface area contributed by atoms with Gasteiger partial charge in [0.05, 0.1) is 26.7 Å². The van der Waals surface area contributed by atoms with Gasteiger partial charge in [0.1, 0.15) is 6.42 Å². The summed E-state index contributed by atoms with van der Waals surface area (Å²) in [5, 5.41) is 11.6. The van der Waals surface area contributed by atoms with Crippen LogP contribution in [0.2, 0.25) is 0 Å². The zero-order chi connectivity index (χ0) is 18.9. The summed E-state index contributed by atoms with van der Waals surface area (Å²) in [6, 6.07) is 7.33. The van der Waals surface area contributed by atoms with E-state index < -0.39 is 0 Å². The van der Waals surface area contributed by atoms with E-state index in [0.717, 1.165) is 18.4 Å². The van der Waals surface area contributed by atoms with Gasteiger partial charge in [-0.15, -0.1) is 0 Å². The highest BCUT2D eigenvalue weighted by Gasteiger charge is 2.22.